The normalized spacial score (nSPS) is 10.2. The number of aromatic nitrogens is 2. The van der Waals surface area contributed by atoms with Gasteiger partial charge in [0.15, 0.2) is 5.82 Å². The molecule has 0 unspecified atom stereocenters. The number of nitriles is 1. The second kappa shape index (κ2) is 5.44. The van der Waals surface area contributed by atoms with Crippen molar-refractivity contribution < 1.29 is 0 Å². The fourth-order valence-electron chi connectivity index (χ4n) is 1.94. The Hall–Kier alpha value is -2.48. The van der Waals surface area contributed by atoms with Crippen molar-refractivity contribution in [3.05, 3.63) is 35.5 Å². The van der Waals surface area contributed by atoms with Crippen molar-refractivity contribution >= 4 is 17.2 Å². The quantitative estimate of drug-likeness (QED) is 0.879. The molecule has 98 valence electrons. The highest BCUT2D eigenvalue weighted by Gasteiger charge is 2.11. The fourth-order valence-corrected chi connectivity index (χ4v) is 1.94. The lowest BCUT2D eigenvalue weighted by molar-refractivity contribution is 0.753. The van der Waals surface area contributed by atoms with Crippen molar-refractivity contribution in [2.75, 3.05) is 11.1 Å². The Morgan fingerprint density at radius 1 is 1.37 bits per heavy atom. The van der Waals surface area contributed by atoms with E-state index in [0.29, 0.717) is 12.1 Å². The molecule has 0 saturated carbocycles. The third-order valence-corrected chi connectivity index (χ3v) is 3.00. The number of hydrogen-bond acceptors (Lipinski definition) is 4. The summed E-state index contributed by atoms with van der Waals surface area (Å²) in [5, 5.41) is 16.2. The van der Waals surface area contributed by atoms with E-state index in [0.717, 1.165) is 29.2 Å². The Kier molecular flexibility index (Phi) is 3.71. The van der Waals surface area contributed by atoms with Crippen molar-refractivity contribution in [2.24, 2.45) is 7.05 Å². The fraction of sp³-hybridized carbons (Fsp3) is 0.286. The molecule has 19 heavy (non-hydrogen) atoms. The first-order chi connectivity index (χ1) is 9.15. The third kappa shape index (κ3) is 2.68. The number of benzene rings is 1. The summed E-state index contributed by atoms with van der Waals surface area (Å²) in [6.45, 7) is 2.03. The molecule has 0 fully saturated rings. The lowest BCUT2D eigenvalue weighted by Gasteiger charge is -2.08. The summed E-state index contributed by atoms with van der Waals surface area (Å²) in [6, 6.07) is 9.86. The summed E-state index contributed by atoms with van der Waals surface area (Å²) >= 11 is 0. The average molecular weight is 255 g/mol. The maximum Gasteiger partial charge on any atom is 0.152 e. The number of nitrogens with one attached hydrogen (secondary N) is 1. The summed E-state index contributed by atoms with van der Waals surface area (Å²) in [5.74, 6) is 0.796. The second-order valence-corrected chi connectivity index (χ2v) is 4.34. The second-order valence-electron chi connectivity index (χ2n) is 4.34. The smallest absolute Gasteiger partial charge is 0.152 e. The minimum Gasteiger partial charge on any atom is -0.394 e. The lowest BCUT2D eigenvalue weighted by atomic mass is 10.1. The zero-order valence-electron chi connectivity index (χ0n) is 11.1. The maximum absolute atomic E-state index is 8.63. The van der Waals surface area contributed by atoms with Gasteiger partial charge in [-0.2, -0.15) is 10.4 Å². The number of nitrogens with two attached hydrogens (primary N) is 1. The maximum atomic E-state index is 8.63. The van der Waals surface area contributed by atoms with Crippen molar-refractivity contribution in [1.29, 1.82) is 5.26 Å². The molecular formula is C14H17N5. The van der Waals surface area contributed by atoms with Crippen LogP contribution in [-0.2, 0) is 19.9 Å². The van der Waals surface area contributed by atoms with Crippen LogP contribution in [-0.4, -0.2) is 9.78 Å². The first-order valence-corrected chi connectivity index (χ1v) is 6.20. The third-order valence-electron chi connectivity index (χ3n) is 3.00. The minimum atomic E-state index is 0.425. The molecule has 1 aromatic heterocycles. The number of aryl methyl sites for hydroxylation is 2. The molecule has 0 spiro atoms. The highest BCUT2D eigenvalue weighted by atomic mass is 15.3. The molecule has 0 radical (unpaired) electrons. The molecule has 0 saturated heterocycles. The van der Waals surface area contributed by atoms with Crippen LogP contribution in [0.1, 0.15) is 18.2 Å². The van der Waals surface area contributed by atoms with E-state index >= 15 is 0 Å². The zero-order valence-corrected chi connectivity index (χ0v) is 11.1. The van der Waals surface area contributed by atoms with Crippen LogP contribution in [0.25, 0.3) is 0 Å². The van der Waals surface area contributed by atoms with Gasteiger partial charge in [-0.3, -0.25) is 4.68 Å². The molecule has 5 nitrogen and oxygen atoms in total. The first-order valence-electron chi connectivity index (χ1n) is 6.20. The van der Waals surface area contributed by atoms with Gasteiger partial charge in [0.25, 0.3) is 0 Å². The topological polar surface area (TPSA) is 79.7 Å². The highest BCUT2D eigenvalue weighted by molar-refractivity contribution is 5.71. The molecule has 0 atom stereocenters. The van der Waals surface area contributed by atoms with Gasteiger partial charge in [-0.25, -0.2) is 0 Å². The first kappa shape index (κ1) is 13.0. The van der Waals surface area contributed by atoms with Gasteiger partial charge < -0.3 is 11.1 Å². The van der Waals surface area contributed by atoms with Gasteiger partial charge in [-0.15, -0.1) is 0 Å². The van der Waals surface area contributed by atoms with Crippen LogP contribution in [0.5, 0.6) is 0 Å². The van der Waals surface area contributed by atoms with E-state index in [2.05, 4.69) is 16.5 Å². The monoisotopic (exact) mass is 255 g/mol. The van der Waals surface area contributed by atoms with Crippen LogP contribution >= 0.6 is 0 Å². The van der Waals surface area contributed by atoms with E-state index < -0.39 is 0 Å². The zero-order chi connectivity index (χ0) is 13.8. The van der Waals surface area contributed by atoms with Gasteiger partial charge in [-0.05, 0) is 24.1 Å². The SMILES string of the molecule is CCc1nn(C)c(Nc2ccc(CC#N)cc2)c1N. The van der Waals surface area contributed by atoms with Gasteiger partial charge in [0.1, 0.15) is 0 Å². The van der Waals surface area contributed by atoms with Crippen LogP contribution in [0.2, 0.25) is 0 Å². The Balaban J connectivity index is 2.22. The number of rotatable bonds is 4. The van der Waals surface area contributed by atoms with Gasteiger partial charge in [0, 0.05) is 12.7 Å². The Morgan fingerprint density at radius 2 is 2.05 bits per heavy atom. The summed E-state index contributed by atoms with van der Waals surface area (Å²) in [7, 11) is 1.86. The van der Waals surface area contributed by atoms with E-state index in [9.17, 15) is 0 Å². The molecule has 0 aliphatic carbocycles. The molecule has 5 heteroatoms. The lowest BCUT2D eigenvalue weighted by Crippen LogP contribution is -2.01. The predicted molar refractivity (Wildman–Crippen MR) is 76.0 cm³/mol. The van der Waals surface area contributed by atoms with Crippen LogP contribution < -0.4 is 11.1 Å². The molecular weight excluding hydrogens is 238 g/mol. The molecule has 0 bridgehead atoms. The van der Waals surface area contributed by atoms with Crippen molar-refractivity contribution in [2.45, 2.75) is 19.8 Å². The largest absolute Gasteiger partial charge is 0.394 e. The van der Waals surface area contributed by atoms with E-state index in [1.165, 1.54) is 0 Å². The van der Waals surface area contributed by atoms with E-state index in [1.54, 1.807) is 4.68 Å². The average Bonchev–Trinajstić information content (AvgIpc) is 2.68. The molecule has 0 aliphatic rings. The van der Waals surface area contributed by atoms with Crippen LogP contribution in [0, 0.1) is 11.3 Å². The Bertz CT molecular complexity index is 604. The molecule has 1 heterocycles. The molecule has 0 aliphatic heterocycles. The number of hydrogen-bond donors (Lipinski definition) is 2. The van der Waals surface area contributed by atoms with Crippen LogP contribution in [0.4, 0.5) is 17.2 Å². The molecule has 1 aromatic carbocycles. The molecule has 2 aromatic rings. The Morgan fingerprint density at radius 3 is 2.58 bits per heavy atom. The van der Waals surface area contributed by atoms with Crippen LogP contribution in [0.15, 0.2) is 24.3 Å². The minimum absolute atomic E-state index is 0.425. The van der Waals surface area contributed by atoms with Gasteiger partial charge >= 0.3 is 0 Å². The summed E-state index contributed by atoms with van der Waals surface area (Å²) in [4.78, 5) is 0. The van der Waals surface area contributed by atoms with Crippen molar-refractivity contribution in [3.63, 3.8) is 0 Å². The number of anilines is 3. The Labute approximate surface area is 112 Å². The number of nitrogens with zero attached hydrogens (tertiary/aromatic N) is 3. The number of nitrogen functional groups attached to an aromatic ring is 1. The van der Waals surface area contributed by atoms with E-state index in [4.69, 9.17) is 11.0 Å². The summed E-state index contributed by atoms with van der Waals surface area (Å²) in [5.41, 5.74) is 9.56. The predicted octanol–water partition coefficient (Wildman–Crippen LogP) is 2.37. The highest BCUT2D eigenvalue weighted by Crippen LogP contribution is 2.26. The summed E-state index contributed by atoms with van der Waals surface area (Å²) < 4.78 is 1.75. The van der Waals surface area contributed by atoms with Crippen molar-refractivity contribution in [3.8, 4) is 6.07 Å². The van der Waals surface area contributed by atoms with Crippen molar-refractivity contribution in [1.82, 2.24) is 9.78 Å². The molecule has 2 rings (SSSR count). The van der Waals surface area contributed by atoms with Gasteiger partial charge in [-0.1, -0.05) is 19.1 Å². The van der Waals surface area contributed by atoms with Gasteiger partial charge in [0.2, 0.25) is 0 Å². The van der Waals surface area contributed by atoms with Crippen LogP contribution in [0.3, 0.4) is 0 Å². The molecule has 3 N–H and O–H groups in total. The summed E-state index contributed by atoms with van der Waals surface area (Å²) in [6.07, 6.45) is 1.23. The van der Waals surface area contributed by atoms with E-state index in [1.807, 2.05) is 38.2 Å². The molecule has 0 amide bonds. The van der Waals surface area contributed by atoms with E-state index in [-0.39, 0.29) is 0 Å². The standard InChI is InChI=1S/C14H17N5/c1-3-12-13(16)14(19(2)18-12)17-11-6-4-10(5-7-11)8-9-15/h4-7,17H,3,8,16H2,1-2H3. The van der Waals surface area contributed by atoms with Gasteiger partial charge in [0.05, 0.1) is 23.9 Å².